The van der Waals surface area contributed by atoms with Crippen molar-refractivity contribution >= 4 is 50.8 Å². The molecule has 1 aromatic carbocycles. The normalized spacial score (nSPS) is 11.5. The van der Waals surface area contributed by atoms with Crippen LogP contribution in [-0.4, -0.2) is 18.4 Å². The van der Waals surface area contributed by atoms with E-state index < -0.39 is 10.0 Å². The number of nitrogens with one attached hydrogen (secondary N) is 1. The van der Waals surface area contributed by atoms with Gasteiger partial charge in [0.25, 0.3) is 10.0 Å². The molecule has 1 heterocycles. The highest BCUT2D eigenvalue weighted by Crippen LogP contribution is 2.32. The molecule has 21 heavy (non-hydrogen) atoms. The lowest BCUT2D eigenvalue weighted by Gasteiger charge is -2.10. The van der Waals surface area contributed by atoms with E-state index in [0.29, 0.717) is 11.4 Å². The number of aromatic nitrogens is 2. The van der Waals surface area contributed by atoms with Crippen LogP contribution in [0.1, 0.15) is 11.4 Å². The van der Waals surface area contributed by atoms with Gasteiger partial charge in [0.05, 0.1) is 15.1 Å². The van der Waals surface area contributed by atoms with Crippen LogP contribution in [0.3, 0.4) is 0 Å². The molecule has 0 amide bonds. The van der Waals surface area contributed by atoms with Crippen molar-refractivity contribution in [1.29, 1.82) is 0 Å². The van der Waals surface area contributed by atoms with Gasteiger partial charge in [-0.05, 0) is 32.0 Å². The summed E-state index contributed by atoms with van der Waals surface area (Å²) in [5, 5.41) is 0.215. The molecule has 5 nitrogen and oxygen atoms in total. The Bertz CT molecular complexity index is 789. The zero-order valence-corrected chi connectivity index (χ0v) is 14.1. The summed E-state index contributed by atoms with van der Waals surface area (Å²) in [6.07, 6.45) is 0. The van der Waals surface area contributed by atoms with E-state index in [2.05, 4.69) is 14.7 Å². The molecular weight excluding hydrogens is 357 g/mol. The maximum atomic E-state index is 12.3. The minimum absolute atomic E-state index is 0.0327. The number of rotatable bonds is 3. The van der Waals surface area contributed by atoms with Gasteiger partial charge in [0, 0.05) is 11.4 Å². The van der Waals surface area contributed by atoms with Gasteiger partial charge >= 0.3 is 0 Å². The quantitative estimate of drug-likeness (QED) is 0.837. The molecule has 112 valence electrons. The average molecular weight is 367 g/mol. The van der Waals surface area contributed by atoms with Crippen LogP contribution in [0.2, 0.25) is 15.1 Å². The van der Waals surface area contributed by atoms with E-state index in [-0.39, 0.29) is 25.9 Å². The first-order chi connectivity index (χ1) is 9.69. The molecule has 0 aliphatic heterocycles. The van der Waals surface area contributed by atoms with Gasteiger partial charge in [0.2, 0.25) is 5.95 Å². The number of sulfonamides is 1. The number of anilines is 1. The Morgan fingerprint density at radius 3 is 2.00 bits per heavy atom. The summed E-state index contributed by atoms with van der Waals surface area (Å²) >= 11 is 17.5. The fourth-order valence-electron chi connectivity index (χ4n) is 1.66. The van der Waals surface area contributed by atoms with Crippen molar-refractivity contribution in [2.45, 2.75) is 18.7 Å². The molecule has 0 saturated carbocycles. The lowest BCUT2D eigenvalue weighted by Crippen LogP contribution is -2.16. The third-order valence-corrected chi connectivity index (χ3v) is 4.99. The molecule has 0 fully saturated rings. The van der Waals surface area contributed by atoms with Crippen molar-refractivity contribution in [3.63, 3.8) is 0 Å². The van der Waals surface area contributed by atoms with E-state index in [4.69, 9.17) is 34.8 Å². The zero-order chi connectivity index (χ0) is 15.8. The summed E-state index contributed by atoms with van der Waals surface area (Å²) in [6.45, 7) is 3.47. The third-order valence-electron chi connectivity index (χ3n) is 2.47. The molecule has 0 unspecified atom stereocenters. The molecule has 0 radical (unpaired) electrons. The van der Waals surface area contributed by atoms with Crippen molar-refractivity contribution in [3.05, 3.63) is 44.7 Å². The average Bonchev–Trinajstić information content (AvgIpc) is 2.31. The van der Waals surface area contributed by atoms with Crippen molar-refractivity contribution < 1.29 is 8.42 Å². The first kappa shape index (κ1) is 16.3. The van der Waals surface area contributed by atoms with E-state index >= 15 is 0 Å². The summed E-state index contributed by atoms with van der Waals surface area (Å²) in [5.74, 6) is -0.0327. The van der Waals surface area contributed by atoms with Crippen molar-refractivity contribution in [2.75, 3.05) is 4.72 Å². The van der Waals surface area contributed by atoms with Crippen LogP contribution in [0.25, 0.3) is 0 Å². The van der Waals surface area contributed by atoms with Gasteiger partial charge < -0.3 is 0 Å². The second kappa shape index (κ2) is 5.96. The molecular formula is C12H10Cl3N3O2S. The second-order valence-corrected chi connectivity index (χ2v) is 7.15. The predicted molar refractivity (Wildman–Crippen MR) is 83.8 cm³/mol. The van der Waals surface area contributed by atoms with E-state index in [1.54, 1.807) is 19.9 Å². The van der Waals surface area contributed by atoms with Crippen LogP contribution < -0.4 is 4.72 Å². The second-order valence-electron chi connectivity index (χ2n) is 4.28. The lowest BCUT2D eigenvalue weighted by atomic mass is 10.4. The van der Waals surface area contributed by atoms with Crippen LogP contribution in [0.4, 0.5) is 5.95 Å². The third kappa shape index (κ3) is 3.77. The number of halogens is 3. The summed E-state index contributed by atoms with van der Waals surface area (Å²) in [6, 6.07) is 4.17. The predicted octanol–water partition coefficient (Wildman–Crippen LogP) is 3.85. The minimum atomic E-state index is -3.97. The van der Waals surface area contributed by atoms with Gasteiger partial charge in [-0.1, -0.05) is 34.8 Å². The highest BCUT2D eigenvalue weighted by atomic mass is 35.5. The summed E-state index contributed by atoms with van der Waals surface area (Å²) in [7, 11) is -3.97. The standard InChI is InChI=1S/C12H10Cl3N3O2S/c1-6-3-7(2)17-12(16-6)18-21(19,20)11-5-9(14)8(13)4-10(11)15/h3-5H,1-2H3,(H,16,17,18). The Hall–Kier alpha value is -1.08. The van der Waals surface area contributed by atoms with Crippen LogP contribution in [0.15, 0.2) is 23.1 Å². The number of hydrogen-bond acceptors (Lipinski definition) is 4. The lowest BCUT2D eigenvalue weighted by molar-refractivity contribution is 0.601. The Kier molecular flexibility index (Phi) is 4.63. The monoisotopic (exact) mass is 365 g/mol. The summed E-state index contributed by atoms with van der Waals surface area (Å²) in [5.41, 5.74) is 1.28. The van der Waals surface area contributed by atoms with Crippen LogP contribution in [-0.2, 0) is 10.0 Å². The van der Waals surface area contributed by atoms with Gasteiger partial charge in [0.15, 0.2) is 0 Å². The summed E-state index contributed by atoms with van der Waals surface area (Å²) in [4.78, 5) is 7.83. The maximum absolute atomic E-state index is 12.3. The van der Waals surface area contributed by atoms with Crippen molar-refractivity contribution in [1.82, 2.24) is 9.97 Å². The first-order valence-electron chi connectivity index (χ1n) is 5.69. The molecule has 0 aliphatic carbocycles. The van der Waals surface area contributed by atoms with Crippen molar-refractivity contribution in [3.8, 4) is 0 Å². The molecule has 0 atom stereocenters. The Labute approximate surface area is 137 Å². The number of aryl methyl sites for hydroxylation is 2. The fraction of sp³-hybridized carbons (Fsp3) is 0.167. The highest BCUT2D eigenvalue weighted by Gasteiger charge is 2.21. The Morgan fingerprint density at radius 1 is 0.905 bits per heavy atom. The van der Waals surface area contributed by atoms with E-state index in [0.717, 1.165) is 0 Å². The van der Waals surface area contributed by atoms with E-state index in [1.807, 2.05) is 0 Å². The minimum Gasteiger partial charge on any atom is -0.247 e. The topological polar surface area (TPSA) is 72.0 Å². The maximum Gasteiger partial charge on any atom is 0.265 e. The smallest absolute Gasteiger partial charge is 0.247 e. The van der Waals surface area contributed by atoms with Gasteiger partial charge in [-0.3, -0.25) is 0 Å². The number of nitrogens with zero attached hydrogens (tertiary/aromatic N) is 2. The first-order valence-corrected chi connectivity index (χ1v) is 8.30. The molecule has 0 spiro atoms. The van der Waals surface area contributed by atoms with Crippen molar-refractivity contribution in [2.24, 2.45) is 0 Å². The number of benzene rings is 1. The highest BCUT2D eigenvalue weighted by molar-refractivity contribution is 7.92. The van der Waals surface area contributed by atoms with E-state index in [1.165, 1.54) is 12.1 Å². The molecule has 2 aromatic rings. The summed E-state index contributed by atoms with van der Waals surface area (Å²) < 4.78 is 26.9. The molecule has 1 aromatic heterocycles. The van der Waals surface area contributed by atoms with Gasteiger partial charge in [-0.2, -0.15) is 0 Å². The molecule has 1 N–H and O–H groups in total. The van der Waals surface area contributed by atoms with Crippen LogP contribution in [0, 0.1) is 13.8 Å². The molecule has 0 saturated heterocycles. The molecule has 0 bridgehead atoms. The largest absolute Gasteiger partial charge is 0.265 e. The Morgan fingerprint density at radius 2 is 1.43 bits per heavy atom. The fourth-order valence-corrected chi connectivity index (χ4v) is 3.60. The van der Waals surface area contributed by atoms with Crippen LogP contribution in [0.5, 0.6) is 0 Å². The SMILES string of the molecule is Cc1cc(C)nc(NS(=O)(=O)c2cc(Cl)c(Cl)cc2Cl)n1. The zero-order valence-electron chi connectivity index (χ0n) is 11.0. The van der Waals surface area contributed by atoms with Gasteiger partial charge in [-0.25, -0.2) is 23.1 Å². The van der Waals surface area contributed by atoms with Gasteiger partial charge in [-0.15, -0.1) is 0 Å². The Balaban J connectivity index is 2.45. The molecule has 9 heteroatoms. The van der Waals surface area contributed by atoms with Gasteiger partial charge in [0.1, 0.15) is 4.90 Å². The molecule has 2 rings (SSSR count). The number of hydrogen-bond donors (Lipinski definition) is 1. The van der Waals surface area contributed by atoms with Crippen LogP contribution >= 0.6 is 34.8 Å². The van der Waals surface area contributed by atoms with E-state index in [9.17, 15) is 8.42 Å². The molecule has 0 aliphatic rings.